The fraction of sp³-hybridized carbons (Fsp3) is 0.111. The molecule has 0 radical (unpaired) electrons. The Balaban J connectivity index is 1.87. The number of methoxy groups -OCH3 is 2. The molecule has 1 amide bonds. The minimum atomic E-state index is -0.228. The molecule has 1 aliphatic rings. The first-order valence-corrected chi connectivity index (χ1v) is 9.04. The summed E-state index contributed by atoms with van der Waals surface area (Å²) in [4.78, 5) is 17.1. The Hall–Kier alpha value is -2.15. The summed E-state index contributed by atoms with van der Waals surface area (Å²) in [7, 11) is 3.04. The number of hydrogen-bond acceptors (Lipinski definition) is 5. The molecule has 5 nitrogen and oxygen atoms in total. The van der Waals surface area contributed by atoms with Gasteiger partial charge in [-0.05, 0) is 59.8 Å². The van der Waals surface area contributed by atoms with Crippen LogP contribution in [0.2, 0.25) is 10.0 Å². The Kier molecular flexibility index (Phi) is 5.76. The first-order chi connectivity index (χ1) is 12.5. The fourth-order valence-corrected chi connectivity index (χ4v) is 3.55. The maximum Gasteiger partial charge on any atom is 0.264 e. The minimum Gasteiger partial charge on any atom is -0.493 e. The normalized spacial score (nSPS) is 16.8. The van der Waals surface area contributed by atoms with Gasteiger partial charge in [0.05, 0.1) is 29.8 Å². The van der Waals surface area contributed by atoms with Crippen molar-refractivity contribution < 1.29 is 14.3 Å². The van der Waals surface area contributed by atoms with Gasteiger partial charge in [0.25, 0.3) is 5.91 Å². The lowest BCUT2D eigenvalue weighted by molar-refractivity contribution is -0.115. The maximum atomic E-state index is 12.2. The molecule has 1 N–H and O–H groups in total. The van der Waals surface area contributed by atoms with E-state index in [0.29, 0.717) is 37.3 Å². The van der Waals surface area contributed by atoms with Gasteiger partial charge in [-0.2, -0.15) is 0 Å². The van der Waals surface area contributed by atoms with Gasteiger partial charge < -0.3 is 14.8 Å². The van der Waals surface area contributed by atoms with E-state index < -0.39 is 0 Å². The Bertz CT molecular complexity index is 911. The second kappa shape index (κ2) is 8.03. The van der Waals surface area contributed by atoms with Gasteiger partial charge >= 0.3 is 0 Å². The number of benzene rings is 2. The van der Waals surface area contributed by atoms with Crippen LogP contribution >= 0.6 is 35.0 Å². The zero-order valence-corrected chi connectivity index (χ0v) is 16.2. The van der Waals surface area contributed by atoms with E-state index in [4.69, 9.17) is 32.7 Å². The zero-order chi connectivity index (χ0) is 18.7. The molecule has 2 aromatic rings. The van der Waals surface area contributed by atoms with Gasteiger partial charge in [-0.1, -0.05) is 23.2 Å². The molecule has 0 atom stereocenters. The number of ether oxygens (including phenoxy) is 2. The average Bonchev–Trinajstić information content (AvgIpc) is 2.95. The van der Waals surface area contributed by atoms with Crippen LogP contribution in [0.4, 0.5) is 5.69 Å². The molecule has 0 saturated carbocycles. The molecule has 0 aromatic heterocycles. The summed E-state index contributed by atoms with van der Waals surface area (Å²) < 4.78 is 10.5. The monoisotopic (exact) mass is 408 g/mol. The van der Waals surface area contributed by atoms with E-state index in [1.165, 1.54) is 26.0 Å². The molecule has 0 bridgehead atoms. The van der Waals surface area contributed by atoms with Gasteiger partial charge in [0, 0.05) is 5.02 Å². The molecule has 0 aliphatic carbocycles. The van der Waals surface area contributed by atoms with Crippen molar-refractivity contribution >= 4 is 57.8 Å². The van der Waals surface area contributed by atoms with Crippen molar-refractivity contribution in [1.29, 1.82) is 0 Å². The second-order valence-corrected chi connectivity index (χ2v) is 7.07. The van der Waals surface area contributed by atoms with Gasteiger partial charge in [0.15, 0.2) is 16.7 Å². The Morgan fingerprint density at radius 3 is 2.50 bits per heavy atom. The average molecular weight is 409 g/mol. The highest BCUT2D eigenvalue weighted by molar-refractivity contribution is 8.18. The number of thioether (sulfide) groups is 1. The van der Waals surface area contributed by atoms with E-state index in [9.17, 15) is 4.79 Å². The standard InChI is InChI=1S/C18H14Cl2N2O3S/c1-24-14-8-10(7-13(20)16(14)25-2)9-15-17(23)22-18(26-15)21-12-5-3-11(19)4-6-12/h3-9H,1-2H3,(H,21,22,23)/b15-9+. The third kappa shape index (κ3) is 4.15. The van der Waals surface area contributed by atoms with Gasteiger partial charge in [-0.15, -0.1) is 0 Å². The van der Waals surface area contributed by atoms with Crippen molar-refractivity contribution in [3.63, 3.8) is 0 Å². The Morgan fingerprint density at radius 1 is 1.12 bits per heavy atom. The Labute approximate surface area is 165 Å². The third-order valence-corrected chi connectivity index (χ3v) is 4.90. The highest BCUT2D eigenvalue weighted by Crippen LogP contribution is 2.37. The topological polar surface area (TPSA) is 59.9 Å². The number of rotatable bonds is 4. The minimum absolute atomic E-state index is 0.228. The zero-order valence-electron chi connectivity index (χ0n) is 13.9. The third-order valence-electron chi connectivity index (χ3n) is 3.46. The lowest BCUT2D eigenvalue weighted by atomic mass is 10.2. The molecule has 1 aliphatic heterocycles. The lowest BCUT2D eigenvalue weighted by Gasteiger charge is -2.10. The largest absolute Gasteiger partial charge is 0.493 e. The molecular formula is C18H14Cl2N2O3S. The number of carbonyl (C=O) groups excluding carboxylic acids is 1. The van der Waals surface area contributed by atoms with Crippen LogP contribution in [0.5, 0.6) is 11.5 Å². The van der Waals surface area contributed by atoms with Crippen LogP contribution in [0.25, 0.3) is 6.08 Å². The van der Waals surface area contributed by atoms with Crippen LogP contribution in [-0.2, 0) is 4.79 Å². The number of carbonyl (C=O) groups is 1. The number of aliphatic imine (C=N–C) groups is 1. The molecule has 2 aromatic carbocycles. The molecule has 1 saturated heterocycles. The van der Waals surface area contributed by atoms with Crippen molar-refractivity contribution in [3.05, 3.63) is 56.9 Å². The summed E-state index contributed by atoms with van der Waals surface area (Å²) in [6.07, 6.45) is 1.72. The van der Waals surface area contributed by atoms with E-state index in [1.807, 2.05) is 0 Å². The molecule has 3 rings (SSSR count). The highest BCUT2D eigenvalue weighted by Gasteiger charge is 2.24. The second-order valence-electron chi connectivity index (χ2n) is 5.20. The van der Waals surface area contributed by atoms with E-state index in [2.05, 4.69) is 10.3 Å². The molecule has 134 valence electrons. The summed E-state index contributed by atoms with van der Waals surface area (Å²) in [5.74, 6) is 0.712. The predicted molar refractivity (Wildman–Crippen MR) is 107 cm³/mol. The van der Waals surface area contributed by atoms with Crippen molar-refractivity contribution in [1.82, 2.24) is 5.32 Å². The number of hydrogen-bond donors (Lipinski definition) is 1. The number of halogens is 2. The van der Waals surface area contributed by atoms with E-state index in [1.54, 1.807) is 42.5 Å². The summed E-state index contributed by atoms with van der Waals surface area (Å²) in [5.41, 5.74) is 1.42. The predicted octanol–water partition coefficient (Wildman–Crippen LogP) is 4.90. The maximum absolute atomic E-state index is 12.2. The molecule has 26 heavy (non-hydrogen) atoms. The molecule has 8 heteroatoms. The number of amidine groups is 1. The highest BCUT2D eigenvalue weighted by atomic mass is 35.5. The van der Waals surface area contributed by atoms with Crippen LogP contribution in [0.1, 0.15) is 5.56 Å². The van der Waals surface area contributed by atoms with Gasteiger partial charge in [0.1, 0.15) is 0 Å². The van der Waals surface area contributed by atoms with Crippen LogP contribution in [0, 0.1) is 0 Å². The van der Waals surface area contributed by atoms with E-state index in [0.717, 1.165) is 5.56 Å². The van der Waals surface area contributed by atoms with E-state index in [-0.39, 0.29) is 5.91 Å². The smallest absolute Gasteiger partial charge is 0.264 e. The summed E-state index contributed by atoms with van der Waals surface area (Å²) in [5, 5.41) is 4.26. The number of nitrogens with zero attached hydrogens (tertiary/aromatic N) is 1. The summed E-state index contributed by atoms with van der Waals surface area (Å²) >= 11 is 13.3. The van der Waals surface area contributed by atoms with Crippen LogP contribution < -0.4 is 14.8 Å². The molecule has 0 unspecified atom stereocenters. The fourth-order valence-electron chi connectivity index (χ4n) is 2.29. The first kappa shape index (κ1) is 18.6. The Morgan fingerprint density at radius 2 is 1.85 bits per heavy atom. The van der Waals surface area contributed by atoms with Crippen molar-refractivity contribution in [2.24, 2.45) is 4.99 Å². The van der Waals surface area contributed by atoms with Crippen molar-refractivity contribution in [2.75, 3.05) is 14.2 Å². The first-order valence-electron chi connectivity index (χ1n) is 7.47. The molecule has 1 heterocycles. The summed E-state index contributed by atoms with van der Waals surface area (Å²) in [6.45, 7) is 0. The molecule has 0 spiro atoms. The number of nitrogens with one attached hydrogen (secondary N) is 1. The van der Waals surface area contributed by atoms with Crippen LogP contribution in [0.15, 0.2) is 46.3 Å². The van der Waals surface area contributed by atoms with Crippen LogP contribution in [0.3, 0.4) is 0 Å². The van der Waals surface area contributed by atoms with Crippen molar-refractivity contribution in [2.45, 2.75) is 0 Å². The molecule has 1 fully saturated rings. The quantitative estimate of drug-likeness (QED) is 0.730. The van der Waals surface area contributed by atoms with Gasteiger partial charge in [-0.3, -0.25) is 4.79 Å². The SMILES string of the molecule is COc1cc(/C=C2/SC(=Nc3ccc(Cl)cc3)NC2=O)cc(Cl)c1OC. The number of amides is 1. The molecular weight excluding hydrogens is 395 g/mol. The van der Waals surface area contributed by atoms with Gasteiger partial charge in [-0.25, -0.2) is 4.99 Å². The van der Waals surface area contributed by atoms with Gasteiger partial charge in [0.2, 0.25) is 0 Å². The lowest BCUT2D eigenvalue weighted by Crippen LogP contribution is -2.19. The van der Waals surface area contributed by atoms with Crippen LogP contribution in [-0.4, -0.2) is 25.3 Å². The van der Waals surface area contributed by atoms with Crippen molar-refractivity contribution in [3.8, 4) is 11.5 Å². The summed E-state index contributed by atoms with van der Waals surface area (Å²) in [6, 6.07) is 10.5. The van der Waals surface area contributed by atoms with E-state index >= 15 is 0 Å².